The van der Waals surface area contributed by atoms with Gasteiger partial charge in [0.1, 0.15) is 0 Å². The highest BCUT2D eigenvalue weighted by atomic mass is 16.5. The summed E-state index contributed by atoms with van der Waals surface area (Å²) < 4.78 is 5.39. The third-order valence-electron chi connectivity index (χ3n) is 5.33. The Labute approximate surface area is 111 Å². The van der Waals surface area contributed by atoms with Crippen LogP contribution in [0.3, 0.4) is 0 Å². The van der Waals surface area contributed by atoms with Crippen LogP contribution < -0.4 is 5.32 Å². The van der Waals surface area contributed by atoms with Gasteiger partial charge in [0.15, 0.2) is 0 Å². The van der Waals surface area contributed by atoms with Crippen molar-refractivity contribution < 1.29 is 4.74 Å². The van der Waals surface area contributed by atoms with E-state index in [-0.39, 0.29) is 0 Å². The molecule has 0 aromatic carbocycles. The number of piperidine rings is 2. The van der Waals surface area contributed by atoms with Gasteiger partial charge in [-0.05, 0) is 51.5 Å². The van der Waals surface area contributed by atoms with E-state index in [9.17, 15) is 0 Å². The van der Waals surface area contributed by atoms with Gasteiger partial charge in [0, 0.05) is 31.3 Å². The molecular weight excluding hydrogens is 224 g/mol. The highest BCUT2D eigenvalue weighted by Crippen LogP contribution is 2.36. The van der Waals surface area contributed by atoms with E-state index in [0.717, 1.165) is 30.7 Å². The van der Waals surface area contributed by atoms with Crippen LogP contribution in [0.5, 0.6) is 0 Å². The van der Waals surface area contributed by atoms with Gasteiger partial charge < -0.3 is 15.0 Å². The Kier molecular flexibility index (Phi) is 3.92. The molecule has 104 valence electrons. The topological polar surface area (TPSA) is 24.5 Å². The first-order chi connectivity index (χ1) is 8.78. The molecule has 2 heterocycles. The minimum atomic E-state index is 0.615. The van der Waals surface area contributed by atoms with Gasteiger partial charge in [0.05, 0.1) is 6.61 Å². The van der Waals surface area contributed by atoms with E-state index in [2.05, 4.69) is 17.3 Å². The number of ether oxygens (including phenoxy) is 1. The Balaban J connectivity index is 1.56. The lowest BCUT2D eigenvalue weighted by molar-refractivity contribution is 0.0402. The summed E-state index contributed by atoms with van der Waals surface area (Å²) in [6, 6.07) is 3.01. The number of hydrogen-bond acceptors (Lipinski definition) is 3. The molecule has 3 fully saturated rings. The SMILES string of the molecule is COCC(NC1CC2CCCC(C1)N2C)C1CC1. The molecule has 0 aromatic rings. The molecule has 1 aliphatic carbocycles. The fraction of sp³-hybridized carbons (Fsp3) is 1.00. The minimum Gasteiger partial charge on any atom is -0.383 e. The zero-order valence-electron chi connectivity index (χ0n) is 11.9. The summed E-state index contributed by atoms with van der Waals surface area (Å²) in [7, 11) is 4.17. The molecule has 18 heavy (non-hydrogen) atoms. The predicted octanol–water partition coefficient (Wildman–Crippen LogP) is 2.02. The first kappa shape index (κ1) is 12.9. The molecule has 2 aliphatic heterocycles. The van der Waals surface area contributed by atoms with E-state index in [1.165, 1.54) is 44.9 Å². The Morgan fingerprint density at radius 3 is 2.39 bits per heavy atom. The standard InChI is InChI=1S/C15H28N2O/c1-17-13-4-3-5-14(17)9-12(8-13)16-15(10-18-2)11-6-7-11/h11-16H,3-10H2,1-2H3. The molecule has 0 aromatic heterocycles. The van der Waals surface area contributed by atoms with Gasteiger partial charge in [0.25, 0.3) is 0 Å². The van der Waals surface area contributed by atoms with Crippen LogP contribution in [0.2, 0.25) is 0 Å². The van der Waals surface area contributed by atoms with Crippen LogP contribution in [-0.4, -0.2) is 49.8 Å². The van der Waals surface area contributed by atoms with Crippen LogP contribution >= 0.6 is 0 Å². The summed E-state index contributed by atoms with van der Waals surface area (Å²) in [5, 5.41) is 3.92. The maximum atomic E-state index is 5.39. The van der Waals surface area contributed by atoms with Gasteiger partial charge in [-0.3, -0.25) is 0 Å². The number of nitrogens with one attached hydrogen (secondary N) is 1. The van der Waals surface area contributed by atoms with E-state index in [1.807, 2.05) is 7.11 Å². The summed E-state index contributed by atoms with van der Waals surface area (Å²) in [4.78, 5) is 2.64. The van der Waals surface area contributed by atoms with Crippen LogP contribution in [0.15, 0.2) is 0 Å². The number of hydrogen-bond donors (Lipinski definition) is 1. The lowest BCUT2D eigenvalue weighted by Crippen LogP contribution is -2.56. The first-order valence-corrected chi connectivity index (χ1v) is 7.75. The lowest BCUT2D eigenvalue weighted by Gasteiger charge is -2.48. The molecule has 0 radical (unpaired) electrons. The molecule has 0 spiro atoms. The number of fused-ring (bicyclic) bond motifs is 2. The molecule has 2 bridgehead atoms. The molecule has 3 nitrogen and oxygen atoms in total. The second kappa shape index (κ2) is 5.48. The summed E-state index contributed by atoms with van der Waals surface area (Å²) in [6.45, 7) is 0.895. The van der Waals surface area contributed by atoms with Crippen molar-refractivity contribution in [2.75, 3.05) is 20.8 Å². The van der Waals surface area contributed by atoms with Crippen molar-refractivity contribution in [2.45, 2.75) is 69.1 Å². The molecule has 1 saturated carbocycles. The van der Waals surface area contributed by atoms with Gasteiger partial charge in [-0.25, -0.2) is 0 Å². The summed E-state index contributed by atoms with van der Waals surface area (Å²) in [6.07, 6.45) is 9.75. The van der Waals surface area contributed by atoms with Crippen molar-refractivity contribution in [1.29, 1.82) is 0 Å². The molecule has 3 heteroatoms. The Morgan fingerprint density at radius 2 is 1.83 bits per heavy atom. The van der Waals surface area contributed by atoms with Gasteiger partial charge in [-0.2, -0.15) is 0 Å². The number of nitrogens with zero attached hydrogens (tertiary/aromatic N) is 1. The van der Waals surface area contributed by atoms with Crippen molar-refractivity contribution in [3.05, 3.63) is 0 Å². The highest BCUT2D eigenvalue weighted by Gasteiger charge is 2.38. The monoisotopic (exact) mass is 252 g/mol. The van der Waals surface area contributed by atoms with E-state index in [1.54, 1.807) is 0 Å². The van der Waals surface area contributed by atoms with Gasteiger partial charge >= 0.3 is 0 Å². The summed E-state index contributed by atoms with van der Waals surface area (Å²) in [5.74, 6) is 0.893. The third kappa shape index (κ3) is 2.73. The Bertz CT molecular complexity index is 266. The molecule has 3 aliphatic rings. The maximum Gasteiger partial charge on any atom is 0.0618 e. The predicted molar refractivity (Wildman–Crippen MR) is 73.7 cm³/mol. The van der Waals surface area contributed by atoms with Crippen molar-refractivity contribution in [3.8, 4) is 0 Å². The van der Waals surface area contributed by atoms with Gasteiger partial charge in [-0.15, -0.1) is 0 Å². The summed E-state index contributed by atoms with van der Waals surface area (Å²) >= 11 is 0. The second-order valence-electron chi connectivity index (χ2n) is 6.64. The van der Waals surface area contributed by atoms with E-state index in [4.69, 9.17) is 4.74 Å². The van der Waals surface area contributed by atoms with Gasteiger partial charge in [0.2, 0.25) is 0 Å². The molecule has 1 N–H and O–H groups in total. The average Bonchev–Trinajstić information content (AvgIpc) is 3.13. The fourth-order valence-corrected chi connectivity index (χ4v) is 4.05. The minimum absolute atomic E-state index is 0.615. The fourth-order valence-electron chi connectivity index (χ4n) is 4.05. The number of methoxy groups -OCH3 is 1. The zero-order valence-corrected chi connectivity index (χ0v) is 11.9. The van der Waals surface area contributed by atoms with Crippen molar-refractivity contribution in [2.24, 2.45) is 5.92 Å². The molecule has 3 unspecified atom stereocenters. The van der Waals surface area contributed by atoms with Gasteiger partial charge in [-0.1, -0.05) is 6.42 Å². The average molecular weight is 252 g/mol. The smallest absolute Gasteiger partial charge is 0.0618 e. The second-order valence-corrected chi connectivity index (χ2v) is 6.64. The molecule has 3 atom stereocenters. The van der Waals surface area contributed by atoms with Crippen LogP contribution in [0.1, 0.15) is 44.9 Å². The van der Waals surface area contributed by atoms with Crippen LogP contribution in [-0.2, 0) is 4.74 Å². The van der Waals surface area contributed by atoms with E-state index < -0.39 is 0 Å². The summed E-state index contributed by atoms with van der Waals surface area (Å²) in [5.41, 5.74) is 0. The van der Waals surface area contributed by atoms with Crippen molar-refractivity contribution in [3.63, 3.8) is 0 Å². The van der Waals surface area contributed by atoms with Crippen molar-refractivity contribution in [1.82, 2.24) is 10.2 Å². The molecule has 3 rings (SSSR count). The quantitative estimate of drug-likeness (QED) is 0.810. The van der Waals surface area contributed by atoms with E-state index >= 15 is 0 Å². The third-order valence-corrected chi connectivity index (χ3v) is 5.33. The Morgan fingerprint density at radius 1 is 1.17 bits per heavy atom. The normalized spacial score (nSPS) is 38.7. The molecular formula is C15H28N2O. The maximum absolute atomic E-state index is 5.39. The highest BCUT2D eigenvalue weighted by molar-refractivity contribution is 4.96. The number of rotatable bonds is 5. The lowest BCUT2D eigenvalue weighted by atomic mass is 9.82. The first-order valence-electron chi connectivity index (χ1n) is 7.75. The largest absolute Gasteiger partial charge is 0.383 e. The van der Waals surface area contributed by atoms with Crippen molar-refractivity contribution >= 4 is 0 Å². The zero-order chi connectivity index (χ0) is 12.5. The molecule has 0 amide bonds. The Hall–Kier alpha value is -0.120. The van der Waals surface area contributed by atoms with Crippen LogP contribution in [0.25, 0.3) is 0 Å². The molecule has 2 saturated heterocycles. The van der Waals surface area contributed by atoms with E-state index in [0.29, 0.717) is 6.04 Å². The van der Waals surface area contributed by atoms with Crippen LogP contribution in [0.4, 0.5) is 0 Å². The van der Waals surface area contributed by atoms with Crippen LogP contribution in [0, 0.1) is 5.92 Å².